The van der Waals surface area contributed by atoms with Crippen molar-refractivity contribution in [3.8, 4) is 0 Å². The first-order chi connectivity index (χ1) is 9.15. The number of hydrogen-bond acceptors (Lipinski definition) is 3. The summed E-state index contributed by atoms with van der Waals surface area (Å²) in [5.41, 5.74) is 0. The van der Waals surface area contributed by atoms with Crippen LogP contribution in [0.2, 0.25) is 0 Å². The van der Waals surface area contributed by atoms with E-state index in [-0.39, 0.29) is 5.91 Å². The third kappa shape index (κ3) is 4.48. The molecule has 2 aromatic rings. The van der Waals surface area contributed by atoms with Gasteiger partial charge in [0.1, 0.15) is 0 Å². The zero-order valence-corrected chi connectivity index (χ0v) is 13.0. The minimum atomic E-state index is 0.247. The first kappa shape index (κ1) is 14.3. The summed E-state index contributed by atoms with van der Waals surface area (Å²) in [5, 5.41) is 4.12. The monoisotopic (exact) mass is 293 g/mol. The van der Waals surface area contributed by atoms with Crippen LogP contribution < -0.4 is 0 Å². The molecule has 4 heteroatoms. The van der Waals surface area contributed by atoms with E-state index in [1.54, 1.807) is 22.7 Å². The van der Waals surface area contributed by atoms with Crippen LogP contribution >= 0.6 is 22.7 Å². The van der Waals surface area contributed by atoms with Gasteiger partial charge in [-0.2, -0.15) is 0 Å². The summed E-state index contributed by atoms with van der Waals surface area (Å²) in [7, 11) is 0. The van der Waals surface area contributed by atoms with E-state index in [1.807, 2.05) is 17.0 Å². The van der Waals surface area contributed by atoms with Crippen molar-refractivity contribution in [2.75, 3.05) is 0 Å². The van der Waals surface area contributed by atoms with Crippen LogP contribution in [0.5, 0.6) is 0 Å². The molecule has 0 bridgehead atoms. The molecule has 0 aromatic carbocycles. The van der Waals surface area contributed by atoms with Crippen molar-refractivity contribution in [3.63, 3.8) is 0 Å². The fourth-order valence-corrected chi connectivity index (χ4v) is 3.33. The highest BCUT2D eigenvalue weighted by atomic mass is 32.1. The minimum Gasteiger partial charge on any atom is -0.332 e. The molecule has 0 aliphatic carbocycles. The molecule has 0 N–H and O–H groups in total. The first-order valence-corrected chi connectivity index (χ1v) is 8.23. The van der Waals surface area contributed by atoms with Gasteiger partial charge in [0.15, 0.2) is 0 Å². The maximum atomic E-state index is 12.3. The van der Waals surface area contributed by atoms with Gasteiger partial charge < -0.3 is 4.90 Å². The minimum absolute atomic E-state index is 0.247. The molecule has 2 nitrogen and oxygen atoms in total. The predicted molar refractivity (Wildman–Crippen MR) is 82.3 cm³/mol. The van der Waals surface area contributed by atoms with E-state index in [0.717, 1.165) is 13.1 Å². The number of rotatable bonds is 6. The summed E-state index contributed by atoms with van der Waals surface area (Å²) in [4.78, 5) is 16.8. The van der Waals surface area contributed by atoms with Crippen LogP contribution in [-0.4, -0.2) is 10.8 Å². The predicted octanol–water partition coefficient (Wildman–Crippen LogP) is 4.38. The second-order valence-electron chi connectivity index (χ2n) is 5.01. The Balaban J connectivity index is 2.05. The van der Waals surface area contributed by atoms with Gasteiger partial charge in [0.05, 0.1) is 13.1 Å². The Labute approximate surface area is 122 Å². The molecule has 0 atom stereocenters. The van der Waals surface area contributed by atoms with Crippen molar-refractivity contribution in [1.29, 1.82) is 0 Å². The number of hydrogen-bond donors (Lipinski definition) is 0. The SMILES string of the molecule is CC(C)CC(=O)N(Cc1cccs1)Cc1cccs1. The summed E-state index contributed by atoms with van der Waals surface area (Å²) < 4.78 is 0. The van der Waals surface area contributed by atoms with Crippen LogP contribution in [-0.2, 0) is 17.9 Å². The molecule has 0 saturated carbocycles. The van der Waals surface area contributed by atoms with Crippen molar-refractivity contribution in [2.45, 2.75) is 33.4 Å². The third-order valence-corrected chi connectivity index (χ3v) is 4.51. The zero-order valence-electron chi connectivity index (χ0n) is 11.3. The smallest absolute Gasteiger partial charge is 0.223 e. The Hall–Kier alpha value is -1.13. The van der Waals surface area contributed by atoms with Crippen LogP contribution in [0.4, 0.5) is 0 Å². The van der Waals surface area contributed by atoms with Gasteiger partial charge >= 0.3 is 0 Å². The number of thiophene rings is 2. The van der Waals surface area contributed by atoms with E-state index < -0.39 is 0 Å². The Bertz CT molecular complexity index is 452. The molecule has 0 saturated heterocycles. The normalized spacial score (nSPS) is 10.9. The van der Waals surface area contributed by atoms with Crippen molar-refractivity contribution < 1.29 is 4.79 Å². The fraction of sp³-hybridized carbons (Fsp3) is 0.400. The average Bonchev–Trinajstić information content (AvgIpc) is 2.99. The quantitative estimate of drug-likeness (QED) is 0.773. The Morgan fingerprint density at radius 2 is 1.63 bits per heavy atom. The summed E-state index contributed by atoms with van der Waals surface area (Å²) in [6, 6.07) is 8.26. The lowest BCUT2D eigenvalue weighted by Crippen LogP contribution is -2.30. The van der Waals surface area contributed by atoms with E-state index in [4.69, 9.17) is 0 Å². The van der Waals surface area contributed by atoms with Crippen LogP contribution in [0.3, 0.4) is 0 Å². The molecule has 2 heterocycles. The van der Waals surface area contributed by atoms with Crippen LogP contribution in [0.25, 0.3) is 0 Å². The lowest BCUT2D eigenvalue weighted by atomic mass is 10.1. The van der Waals surface area contributed by atoms with E-state index in [2.05, 4.69) is 36.7 Å². The van der Waals surface area contributed by atoms with Crippen LogP contribution in [0.15, 0.2) is 35.0 Å². The Morgan fingerprint density at radius 3 is 2.00 bits per heavy atom. The van der Waals surface area contributed by atoms with Crippen molar-refractivity contribution >= 4 is 28.6 Å². The number of carbonyl (C=O) groups excluding carboxylic acids is 1. The first-order valence-electron chi connectivity index (χ1n) is 6.47. The molecule has 19 heavy (non-hydrogen) atoms. The summed E-state index contributed by atoms with van der Waals surface area (Å²) in [6.07, 6.45) is 0.622. The van der Waals surface area contributed by atoms with E-state index in [1.165, 1.54) is 9.75 Å². The molecule has 0 unspecified atom stereocenters. The van der Waals surface area contributed by atoms with Crippen molar-refractivity contribution in [1.82, 2.24) is 4.90 Å². The molecule has 2 rings (SSSR count). The zero-order chi connectivity index (χ0) is 13.7. The molecule has 102 valence electrons. The van der Waals surface area contributed by atoms with Gasteiger partial charge in [0, 0.05) is 16.2 Å². The summed E-state index contributed by atoms with van der Waals surface area (Å²) in [5.74, 6) is 0.651. The maximum Gasteiger partial charge on any atom is 0.223 e. The lowest BCUT2D eigenvalue weighted by Gasteiger charge is -2.22. The topological polar surface area (TPSA) is 20.3 Å². The second-order valence-corrected chi connectivity index (χ2v) is 7.07. The number of amides is 1. The molecule has 1 amide bonds. The molecular weight excluding hydrogens is 274 g/mol. The standard InChI is InChI=1S/C15H19NOS2/c1-12(2)9-15(17)16(10-13-5-3-7-18-13)11-14-6-4-8-19-14/h3-8,12H,9-11H2,1-2H3. The largest absolute Gasteiger partial charge is 0.332 e. The van der Waals surface area contributed by atoms with Crippen molar-refractivity contribution in [3.05, 3.63) is 44.8 Å². The second kappa shape index (κ2) is 6.87. The Morgan fingerprint density at radius 1 is 1.11 bits per heavy atom. The molecule has 0 radical (unpaired) electrons. The van der Waals surface area contributed by atoms with Gasteiger partial charge in [0.2, 0.25) is 5.91 Å². The summed E-state index contributed by atoms with van der Waals surface area (Å²) in [6.45, 7) is 5.63. The highest BCUT2D eigenvalue weighted by Crippen LogP contribution is 2.18. The maximum absolute atomic E-state index is 12.3. The average molecular weight is 293 g/mol. The van der Waals surface area contributed by atoms with Gasteiger partial charge in [-0.25, -0.2) is 0 Å². The molecule has 0 aliphatic heterocycles. The van der Waals surface area contributed by atoms with Gasteiger partial charge in [-0.1, -0.05) is 26.0 Å². The highest BCUT2D eigenvalue weighted by Gasteiger charge is 2.16. The van der Waals surface area contributed by atoms with Crippen LogP contribution in [0, 0.1) is 5.92 Å². The fourth-order valence-electron chi connectivity index (χ4n) is 1.89. The van der Waals surface area contributed by atoms with Crippen molar-refractivity contribution in [2.24, 2.45) is 5.92 Å². The van der Waals surface area contributed by atoms with Gasteiger partial charge in [0.25, 0.3) is 0 Å². The van der Waals surface area contributed by atoms with Gasteiger partial charge in [-0.05, 0) is 28.8 Å². The molecule has 0 fully saturated rings. The number of carbonyl (C=O) groups is 1. The lowest BCUT2D eigenvalue weighted by molar-refractivity contribution is -0.133. The third-order valence-electron chi connectivity index (χ3n) is 2.79. The molecule has 0 aliphatic rings. The van der Waals surface area contributed by atoms with Gasteiger partial charge in [-0.3, -0.25) is 4.79 Å². The van der Waals surface area contributed by atoms with E-state index in [0.29, 0.717) is 12.3 Å². The van der Waals surface area contributed by atoms with Crippen LogP contribution in [0.1, 0.15) is 30.0 Å². The molecule has 2 aromatic heterocycles. The molecular formula is C15H19NOS2. The number of nitrogens with zero attached hydrogens (tertiary/aromatic N) is 1. The molecule has 0 spiro atoms. The Kier molecular flexibility index (Phi) is 5.16. The highest BCUT2D eigenvalue weighted by molar-refractivity contribution is 7.10. The summed E-state index contributed by atoms with van der Waals surface area (Å²) >= 11 is 3.42. The van der Waals surface area contributed by atoms with E-state index in [9.17, 15) is 4.79 Å². The van der Waals surface area contributed by atoms with Gasteiger partial charge in [-0.15, -0.1) is 22.7 Å². The van der Waals surface area contributed by atoms with E-state index >= 15 is 0 Å².